The topological polar surface area (TPSA) is 106 Å². The van der Waals surface area contributed by atoms with Crippen LogP contribution in [0, 0.1) is 12.8 Å². The first-order valence-electron chi connectivity index (χ1n) is 11.1. The van der Waals surface area contributed by atoms with Crippen LogP contribution in [0.1, 0.15) is 36.6 Å². The number of hydrogen-bond acceptors (Lipinski definition) is 7. The van der Waals surface area contributed by atoms with E-state index < -0.39 is 17.7 Å². The maximum absolute atomic E-state index is 13.1. The third kappa shape index (κ3) is 5.02. The number of Topliss-reactive ketones (excluding diaryl/α,β-unsaturated/α-hetero) is 1. The Morgan fingerprint density at radius 3 is 2.44 bits per heavy atom. The largest absolute Gasteiger partial charge is 0.507 e. The van der Waals surface area contributed by atoms with Crippen LogP contribution < -0.4 is 9.47 Å². The summed E-state index contributed by atoms with van der Waals surface area (Å²) in [6, 6.07) is 8.82. The Hall–Kier alpha value is -3.52. The zero-order chi connectivity index (χ0) is 25.0. The van der Waals surface area contributed by atoms with Crippen LogP contribution in [0.2, 0.25) is 0 Å². The summed E-state index contributed by atoms with van der Waals surface area (Å²) in [5.41, 5.74) is 1.67. The highest BCUT2D eigenvalue weighted by Crippen LogP contribution is 2.42. The summed E-state index contributed by atoms with van der Waals surface area (Å²) in [6.07, 6.45) is 0. The van der Waals surface area contributed by atoms with Crippen LogP contribution in [-0.4, -0.2) is 60.8 Å². The van der Waals surface area contributed by atoms with E-state index in [1.54, 1.807) is 30.3 Å². The van der Waals surface area contributed by atoms with Crippen molar-refractivity contribution in [3.63, 3.8) is 0 Å². The average Bonchev–Trinajstić information content (AvgIpc) is 3.06. The smallest absolute Gasteiger partial charge is 0.295 e. The number of aliphatic hydroxyl groups excluding tert-OH is 1. The Bertz CT molecular complexity index is 1110. The highest BCUT2D eigenvalue weighted by atomic mass is 16.5. The molecular formula is C26H31NO7. The lowest BCUT2D eigenvalue weighted by molar-refractivity contribution is -0.140. The number of phenols is 1. The van der Waals surface area contributed by atoms with Gasteiger partial charge in [-0.05, 0) is 54.3 Å². The maximum Gasteiger partial charge on any atom is 0.295 e. The van der Waals surface area contributed by atoms with Crippen LogP contribution in [0.5, 0.6) is 17.2 Å². The van der Waals surface area contributed by atoms with E-state index in [-0.39, 0.29) is 36.0 Å². The molecule has 2 aromatic carbocycles. The molecule has 1 atom stereocenters. The summed E-state index contributed by atoms with van der Waals surface area (Å²) in [7, 11) is 2.91. The summed E-state index contributed by atoms with van der Waals surface area (Å²) in [5, 5.41) is 21.2. The number of rotatable bonds is 9. The Labute approximate surface area is 199 Å². The first-order valence-corrected chi connectivity index (χ1v) is 11.1. The van der Waals surface area contributed by atoms with Crippen LogP contribution >= 0.6 is 0 Å². The molecule has 0 bridgehead atoms. The number of ether oxygens (including phenoxy) is 3. The number of hydrogen-bond donors (Lipinski definition) is 2. The van der Waals surface area contributed by atoms with Gasteiger partial charge in [0.1, 0.15) is 11.5 Å². The van der Waals surface area contributed by atoms with E-state index in [0.717, 1.165) is 5.56 Å². The van der Waals surface area contributed by atoms with E-state index in [4.69, 9.17) is 14.2 Å². The van der Waals surface area contributed by atoms with E-state index in [1.165, 1.54) is 25.2 Å². The molecule has 3 rings (SSSR count). The fourth-order valence-corrected chi connectivity index (χ4v) is 3.88. The molecule has 1 heterocycles. The molecule has 182 valence electrons. The van der Waals surface area contributed by atoms with Crippen molar-refractivity contribution in [2.45, 2.75) is 26.8 Å². The van der Waals surface area contributed by atoms with E-state index in [1.807, 2.05) is 6.92 Å². The minimum absolute atomic E-state index is 0.0379. The second kappa shape index (κ2) is 10.6. The average molecular weight is 470 g/mol. The monoisotopic (exact) mass is 469 g/mol. The van der Waals surface area contributed by atoms with Crippen molar-refractivity contribution in [3.05, 3.63) is 58.7 Å². The number of phenolic OH excluding ortho intramolecular Hbond substituents is 1. The number of aromatic hydroxyl groups is 1. The van der Waals surface area contributed by atoms with Gasteiger partial charge in [0.15, 0.2) is 11.5 Å². The van der Waals surface area contributed by atoms with Gasteiger partial charge in [-0.25, -0.2) is 0 Å². The number of likely N-dealkylation sites (tertiary alicyclic amines) is 1. The third-order valence-corrected chi connectivity index (χ3v) is 5.62. The Morgan fingerprint density at radius 1 is 1.09 bits per heavy atom. The minimum Gasteiger partial charge on any atom is -0.507 e. The Balaban J connectivity index is 2.11. The van der Waals surface area contributed by atoms with Crippen molar-refractivity contribution < 1.29 is 34.0 Å². The first kappa shape index (κ1) is 25.1. The SMILES string of the molecule is COCCN1C(=O)C(=O)C(=C(O)c2ccc(OCC(C)C)c(C)c2)[C@H]1c1ccc(O)c(OC)c1. The molecule has 0 aromatic heterocycles. The number of benzene rings is 2. The molecule has 1 aliphatic heterocycles. The second-order valence-corrected chi connectivity index (χ2v) is 8.60. The van der Waals surface area contributed by atoms with Gasteiger partial charge >= 0.3 is 0 Å². The molecule has 34 heavy (non-hydrogen) atoms. The number of nitrogens with zero attached hydrogens (tertiary/aromatic N) is 1. The van der Waals surface area contributed by atoms with Crippen LogP contribution in [-0.2, 0) is 14.3 Å². The molecule has 0 unspecified atom stereocenters. The molecule has 0 spiro atoms. The normalized spacial score (nSPS) is 17.5. The van der Waals surface area contributed by atoms with Crippen LogP contribution in [0.4, 0.5) is 0 Å². The predicted molar refractivity (Wildman–Crippen MR) is 127 cm³/mol. The number of methoxy groups -OCH3 is 2. The lowest BCUT2D eigenvalue weighted by Gasteiger charge is -2.25. The van der Waals surface area contributed by atoms with Gasteiger partial charge < -0.3 is 29.3 Å². The molecule has 0 saturated carbocycles. The molecule has 8 heteroatoms. The summed E-state index contributed by atoms with van der Waals surface area (Å²) < 4.78 is 16.1. The quantitative estimate of drug-likeness (QED) is 0.327. The van der Waals surface area contributed by atoms with Gasteiger partial charge in [0.05, 0.1) is 31.9 Å². The summed E-state index contributed by atoms with van der Waals surface area (Å²) >= 11 is 0. The molecule has 1 saturated heterocycles. The molecule has 1 amide bonds. The number of aryl methyl sites for hydroxylation is 1. The number of carbonyl (C=O) groups is 2. The number of amides is 1. The van der Waals surface area contributed by atoms with Gasteiger partial charge in [-0.15, -0.1) is 0 Å². The summed E-state index contributed by atoms with van der Waals surface area (Å²) in [4.78, 5) is 27.3. The molecule has 1 fully saturated rings. The molecule has 2 N–H and O–H groups in total. The number of ketones is 1. The predicted octanol–water partition coefficient (Wildman–Crippen LogP) is 3.81. The van der Waals surface area contributed by atoms with Gasteiger partial charge in [-0.1, -0.05) is 19.9 Å². The standard InChI is InChI=1S/C26H31NO7/c1-15(2)14-34-20-9-7-18(12-16(20)3)24(29)22-23(17-6-8-19(28)21(13-17)33-5)27(10-11-32-4)26(31)25(22)30/h6-9,12-13,15,23,28-29H,10-11,14H2,1-5H3/t23-/m1/s1. The molecular weight excluding hydrogens is 438 g/mol. The van der Waals surface area contributed by atoms with E-state index in [0.29, 0.717) is 29.4 Å². The lowest BCUT2D eigenvalue weighted by Crippen LogP contribution is -2.32. The zero-order valence-electron chi connectivity index (χ0n) is 20.1. The fraction of sp³-hybridized carbons (Fsp3) is 0.385. The lowest BCUT2D eigenvalue weighted by atomic mass is 9.94. The highest BCUT2D eigenvalue weighted by Gasteiger charge is 2.46. The number of carbonyl (C=O) groups excluding carboxylic acids is 2. The van der Waals surface area contributed by atoms with Gasteiger partial charge in [0.25, 0.3) is 11.7 Å². The molecule has 0 radical (unpaired) electrons. The Morgan fingerprint density at radius 2 is 1.82 bits per heavy atom. The van der Waals surface area contributed by atoms with Gasteiger partial charge in [-0.3, -0.25) is 9.59 Å². The van der Waals surface area contributed by atoms with Crippen LogP contribution in [0.3, 0.4) is 0 Å². The Kier molecular flexibility index (Phi) is 7.83. The van der Waals surface area contributed by atoms with Crippen molar-refractivity contribution >= 4 is 17.4 Å². The third-order valence-electron chi connectivity index (χ3n) is 5.62. The number of aliphatic hydroxyl groups is 1. The summed E-state index contributed by atoms with van der Waals surface area (Å²) in [5.74, 6) is -0.644. The van der Waals surface area contributed by atoms with E-state index in [2.05, 4.69) is 13.8 Å². The van der Waals surface area contributed by atoms with Crippen molar-refractivity contribution in [2.75, 3.05) is 34.0 Å². The minimum atomic E-state index is -0.873. The first-order chi connectivity index (χ1) is 16.2. The van der Waals surface area contributed by atoms with Crippen molar-refractivity contribution in [3.8, 4) is 17.2 Å². The van der Waals surface area contributed by atoms with Gasteiger partial charge in [0, 0.05) is 19.2 Å². The summed E-state index contributed by atoms with van der Waals surface area (Å²) in [6.45, 7) is 6.87. The second-order valence-electron chi connectivity index (χ2n) is 8.60. The molecule has 1 aliphatic rings. The van der Waals surface area contributed by atoms with E-state index in [9.17, 15) is 19.8 Å². The van der Waals surface area contributed by atoms with Crippen LogP contribution in [0.15, 0.2) is 42.0 Å². The maximum atomic E-state index is 13.1. The fourth-order valence-electron chi connectivity index (χ4n) is 3.88. The van der Waals surface area contributed by atoms with Crippen molar-refractivity contribution in [1.82, 2.24) is 4.90 Å². The zero-order valence-corrected chi connectivity index (χ0v) is 20.1. The van der Waals surface area contributed by atoms with E-state index >= 15 is 0 Å². The molecule has 2 aromatic rings. The van der Waals surface area contributed by atoms with Gasteiger partial charge in [0.2, 0.25) is 0 Å². The van der Waals surface area contributed by atoms with Crippen molar-refractivity contribution in [1.29, 1.82) is 0 Å². The van der Waals surface area contributed by atoms with Crippen LogP contribution in [0.25, 0.3) is 5.76 Å². The molecule has 8 nitrogen and oxygen atoms in total. The van der Waals surface area contributed by atoms with Crippen molar-refractivity contribution in [2.24, 2.45) is 5.92 Å². The molecule has 0 aliphatic carbocycles. The van der Waals surface area contributed by atoms with Gasteiger partial charge in [-0.2, -0.15) is 0 Å². The highest BCUT2D eigenvalue weighted by molar-refractivity contribution is 6.46.